The van der Waals surface area contributed by atoms with Crippen molar-refractivity contribution in [2.24, 2.45) is 10.8 Å². The maximum Gasteiger partial charge on any atom is 0.270 e. The molecule has 2 aromatic carbocycles. The molecule has 8 nitrogen and oxygen atoms in total. The first-order valence-electron chi connectivity index (χ1n) is 11.3. The quantitative estimate of drug-likeness (QED) is 0.700. The summed E-state index contributed by atoms with van der Waals surface area (Å²) in [4.78, 5) is 41.1. The number of hydrogen-bond acceptors (Lipinski definition) is 5. The predicted octanol–water partition coefficient (Wildman–Crippen LogP) is 1.80. The van der Waals surface area contributed by atoms with Gasteiger partial charge in [-0.25, -0.2) is 0 Å². The number of benzene rings is 2. The first-order chi connectivity index (χ1) is 16.0. The standard InChI is InChI=1S/C25H29N5O3/c26-24(32)22-18-21(27-30(22)20-11-5-2-6-12-20)25(33)29-16-14-28(15-17-29)23(31)13-7-10-19-8-3-1-4-9-19/h1-6,8-9,11-12,22H,7,10,13-18H2,(H2,26,32). The van der Waals surface area contributed by atoms with E-state index in [1.54, 1.807) is 4.90 Å². The molecule has 0 saturated carbocycles. The average molecular weight is 448 g/mol. The lowest BCUT2D eigenvalue weighted by Crippen LogP contribution is -2.52. The van der Waals surface area contributed by atoms with Crippen LogP contribution in [-0.2, 0) is 20.8 Å². The van der Waals surface area contributed by atoms with Gasteiger partial charge in [0.05, 0.1) is 5.69 Å². The number of nitrogens with zero attached hydrogens (tertiary/aromatic N) is 4. The van der Waals surface area contributed by atoms with E-state index in [1.165, 1.54) is 10.6 Å². The second-order valence-electron chi connectivity index (χ2n) is 8.36. The molecule has 1 atom stereocenters. The van der Waals surface area contributed by atoms with E-state index in [9.17, 15) is 14.4 Å². The fourth-order valence-electron chi connectivity index (χ4n) is 4.27. The molecular weight excluding hydrogens is 418 g/mol. The van der Waals surface area contributed by atoms with Crippen molar-refractivity contribution >= 4 is 29.1 Å². The highest BCUT2D eigenvalue weighted by Gasteiger charge is 2.37. The van der Waals surface area contributed by atoms with Crippen LogP contribution in [0.25, 0.3) is 0 Å². The van der Waals surface area contributed by atoms with Crippen molar-refractivity contribution in [1.82, 2.24) is 9.80 Å². The molecule has 2 heterocycles. The summed E-state index contributed by atoms with van der Waals surface area (Å²) in [5.41, 5.74) is 7.85. The smallest absolute Gasteiger partial charge is 0.270 e. The van der Waals surface area contributed by atoms with Gasteiger partial charge in [-0.05, 0) is 30.5 Å². The third kappa shape index (κ3) is 5.39. The number of hydrazone groups is 1. The van der Waals surface area contributed by atoms with Crippen LogP contribution in [0.5, 0.6) is 0 Å². The number of carbonyl (C=O) groups excluding carboxylic acids is 3. The summed E-state index contributed by atoms with van der Waals surface area (Å²) in [5, 5.41) is 5.97. The van der Waals surface area contributed by atoms with E-state index in [0.717, 1.165) is 18.5 Å². The number of rotatable bonds is 7. The summed E-state index contributed by atoms with van der Waals surface area (Å²) < 4.78 is 0. The van der Waals surface area contributed by atoms with Crippen LogP contribution in [0.2, 0.25) is 0 Å². The molecule has 172 valence electrons. The Balaban J connectivity index is 1.30. The zero-order valence-electron chi connectivity index (χ0n) is 18.6. The van der Waals surface area contributed by atoms with Gasteiger partial charge in [-0.15, -0.1) is 0 Å². The van der Waals surface area contributed by atoms with Gasteiger partial charge < -0.3 is 15.5 Å². The molecule has 0 aromatic heterocycles. The number of nitrogens with two attached hydrogens (primary N) is 1. The van der Waals surface area contributed by atoms with Crippen LogP contribution in [-0.4, -0.2) is 65.5 Å². The van der Waals surface area contributed by atoms with Crippen LogP contribution in [0.15, 0.2) is 65.8 Å². The Kier molecular flexibility index (Phi) is 7.02. The normalized spacial score (nSPS) is 18.2. The number of aryl methyl sites for hydroxylation is 1. The number of amides is 3. The van der Waals surface area contributed by atoms with Gasteiger partial charge in [0.1, 0.15) is 11.8 Å². The van der Waals surface area contributed by atoms with E-state index in [1.807, 2.05) is 53.4 Å². The maximum atomic E-state index is 13.1. The van der Waals surface area contributed by atoms with Gasteiger partial charge in [-0.1, -0.05) is 48.5 Å². The first-order valence-corrected chi connectivity index (χ1v) is 11.3. The molecule has 3 amide bonds. The SMILES string of the molecule is NC(=O)C1CC(C(=O)N2CCN(C(=O)CCCc3ccccc3)CC2)=NN1c1ccccc1. The molecule has 0 radical (unpaired) electrons. The van der Waals surface area contributed by atoms with Gasteiger partial charge in [0, 0.05) is 39.0 Å². The third-order valence-electron chi connectivity index (χ3n) is 6.12. The lowest BCUT2D eigenvalue weighted by atomic mass is 10.1. The third-order valence-corrected chi connectivity index (χ3v) is 6.12. The molecule has 1 unspecified atom stereocenters. The second-order valence-corrected chi connectivity index (χ2v) is 8.36. The van der Waals surface area contributed by atoms with Crippen molar-refractivity contribution in [1.29, 1.82) is 0 Å². The Morgan fingerprint density at radius 3 is 2.12 bits per heavy atom. The molecule has 0 bridgehead atoms. The summed E-state index contributed by atoms with van der Waals surface area (Å²) in [6.45, 7) is 1.92. The predicted molar refractivity (Wildman–Crippen MR) is 126 cm³/mol. The van der Waals surface area contributed by atoms with Gasteiger partial charge >= 0.3 is 0 Å². The first kappa shape index (κ1) is 22.5. The molecule has 4 rings (SSSR count). The van der Waals surface area contributed by atoms with Gasteiger partial charge in [-0.3, -0.25) is 19.4 Å². The topological polar surface area (TPSA) is 99.3 Å². The number of piperazine rings is 1. The molecule has 0 spiro atoms. The lowest BCUT2D eigenvalue weighted by Gasteiger charge is -2.34. The molecule has 2 aromatic rings. The van der Waals surface area contributed by atoms with Crippen LogP contribution in [0.4, 0.5) is 5.69 Å². The Bertz CT molecular complexity index is 1020. The Labute approximate surface area is 193 Å². The molecule has 1 fully saturated rings. The number of carbonyl (C=O) groups is 3. The van der Waals surface area contributed by atoms with Gasteiger partial charge in [0.25, 0.3) is 5.91 Å². The van der Waals surface area contributed by atoms with E-state index in [0.29, 0.717) is 38.3 Å². The highest BCUT2D eigenvalue weighted by atomic mass is 16.2. The van der Waals surface area contributed by atoms with Crippen LogP contribution >= 0.6 is 0 Å². The highest BCUT2D eigenvalue weighted by molar-refractivity contribution is 6.40. The van der Waals surface area contributed by atoms with Crippen molar-refractivity contribution in [2.75, 3.05) is 31.2 Å². The van der Waals surface area contributed by atoms with E-state index in [2.05, 4.69) is 17.2 Å². The zero-order chi connectivity index (χ0) is 23.2. The molecule has 1 saturated heterocycles. The van der Waals surface area contributed by atoms with E-state index in [-0.39, 0.29) is 18.2 Å². The Hall–Kier alpha value is -3.68. The maximum absolute atomic E-state index is 13.1. The lowest BCUT2D eigenvalue weighted by molar-refractivity contribution is -0.136. The Morgan fingerprint density at radius 2 is 1.48 bits per heavy atom. The zero-order valence-corrected chi connectivity index (χ0v) is 18.6. The fraction of sp³-hybridized carbons (Fsp3) is 0.360. The minimum Gasteiger partial charge on any atom is -0.368 e. The van der Waals surface area contributed by atoms with E-state index >= 15 is 0 Å². The largest absolute Gasteiger partial charge is 0.368 e. The van der Waals surface area contributed by atoms with Crippen LogP contribution in [0, 0.1) is 0 Å². The van der Waals surface area contributed by atoms with Crippen LogP contribution in [0.3, 0.4) is 0 Å². The van der Waals surface area contributed by atoms with Gasteiger partial charge in [0.15, 0.2) is 0 Å². The summed E-state index contributed by atoms with van der Waals surface area (Å²) >= 11 is 0. The van der Waals surface area contributed by atoms with E-state index in [4.69, 9.17) is 5.73 Å². The number of hydrogen-bond donors (Lipinski definition) is 1. The van der Waals surface area contributed by atoms with Gasteiger partial charge in [0.2, 0.25) is 11.8 Å². The highest BCUT2D eigenvalue weighted by Crippen LogP contribution is 2.25. The molecule has 2 aliphatic rings. The van der Waals surface area contributed by atoms with Crippen molar-refractivity contribution in [3.05, 3.63) is 66.2 Å². The molecule has 33 heavy (non-hydrogen) atoms. The average Bonchev–Trinajstić information content (AvgIpc) is 3.31. The second kappa shape index (κ2) is 10.3. The molecule has 2 N–H and O–H groups in total. The minimum atomic E-state index is -0.682. The number of primary amides is 1. The summed E-state index contributed by atoms with van der Waals surface area (Å²) in [6, 6.07) is 18.7. The molecule has 0 aliphatic carbocycles. The number of anilines is 1. The summed E-state index contributed by atoms with van der Waals surface area (Å²) in [7, 11) is 0. The van der Waals surface area contributed by atoms with Crippen molar-refractivity contribution in [3.63, 3.8) is 0 Å². The molecule has 2 aliphatic heterocycles. The van der Waals surface area contributed by atoms with E-state index < -0.39 is 11.9 Å². The van der Waals surface area contributed by atoms with Gasteiger partial charge in [-0.2, -0.15) is 5.10 Å². The monoisotopic (exact) mass is 447 g/mol. The van der Waals surface area contributed by atoms with Crippen molar-refractivity contribution in [2.45, 2.75) is 31.7 Å². The van der Waals surface area contributed by atoms with Crippen molar-refractivity contribution < 1.29 is 14.4 Å². The van der Waals surface area contributed by atoms with Crippen LogP contribution < -0.4 is 10.7 Å². The van der Waals surface area contributed by atoms with Crippen molar-refractivity contribution in [3.8, 4) is 0 Å². The minimum absolute atomic E-state index is 0.125. The molecular formula is C25H29N5O3. The van der Waals surface area contributed by atoms with Crippen LogP contribution in [0.1, 0.15) is 24.8 Å². The summed E-state index contributed by atoms with van der Waals surface area (Å²) in [6.07, 6.45) is 2.37. The number of para-hydroxylation sites is 1. The Morgan fingerprint density at radius 1 is 0.879 bits per heavy atom. The fourth-order valence-corrected chi connectivity index (χ4v) is 4.27. The summed E-state index contributed by atoms with van der Waals surface area (Å²) in [5.74, 6) is -0.590. The molecule has 8 heteroatoms.